The number of nitrogens with one attached hydrogen (secondary N) is 1. The summed E-state index contributed by atoms with van der Waals surface area (Å²) in [5.74, 6) is -1.41. The summed E-state index contributed by atoms with van der Waals surface area (Å²) in [4.78, 5) is 3.93. The molecule has 0 aliphatic heterocycles. The van der Waals surface area contributed by atoms with Crippen LogP contribution >= 0.6 is 11.6 Å². The van der Waals surface area contributed by atoms with Gasteiger partial charge < -0.3 is 9.88 Å². The average molecular weight is 258 g/mol. The highest BCUT2D eigenvalue weighted by atomic mass is 35.5. The lowest BCUT2D eigenvalue weighted by Crippen LogP contribution is -2.06. The third kappa shape index (κ3) is 2.55. The summed E-state index contributed by atoms with van der Waals surface area (Å²) in [6, 6.07) is 1.85. The van der Waals surface area contributed by atoms with E-state index in [0.29, 0.717) is 6.54 Å². The van der Waals surface area contributed by atoms with Gasteiger partial charge in [-0.2, -0.15) is 0 Å². The number of nitrogens with zero attached hydrogens (tertiary/aromatic N) is 2. The minimum Gasteiger partial charge on any atom is -0.376 e. The van der Waals surface area contributed by atoms with Crippen molar-refractivity contribution >= 4 is 17.3 Å². The Bertz CT molecular complexity index is 516. The predicted octanol–water partition coefficient (Wildman–Crippen LogP) is 2.96. The summed E-state index contributed by atoms with van der Waals surface area (Å²) in [5, 5.41) is 2.84. The molecule has 1 heterocycles. The van der Waals surface area contributed by atoms with Gasteiger partial charge in [-0.25, -0.2) is 13.8 Å². The quantitative estimate of drug-likeness (QED) is 0.916. The maximum atomic E-state index is 13.4. The lowest BCUT2D eigenvalue weighted by atomic mass is 10.3. The van der Waals surface area contributed by atoms with E-state index in [-0.39, 0.29) is 10.7 Å². The Balaban J connectivity index is 2.17. The van der Waals surface area contributed by atoms with E-state index in [1.807, 2.05) is 7.05 Å². The Morgan fingerprint density at radius 1 is 1.41 bits per heavy atom. The fourth-order valence-electron chi connectivity index (χ4n) is 1.44. The number of aryl methyl sites for hydroxylation is 1. The lowest BCUT2D eigenvalue weighted by Gasteiger charge is -2.09. The number of imidazole rings is 1. The molecule has 0 fully saturated rings. The third-order valence-electron chi connectivity index (χ3n) is 2.37. The first-order chi connectivity index (χ1) is 8.08. The zero-order valence-electron chi connectivity index (χ0n) is 9.04. The topological polar surface area (TPSA) is 29.9 Å². The van der Waals surface area contributed by atoms with Crippen LogP contribution in [0.2, 0.25) is 5.02 Å². The Labute approximate surface area is 102 Å². The standard InChI is InChI=1S/C11H10ClF2N3/c1-17-6-15-4-8(17)5-16-11-9(12)2-7(13)3-10(11)14/h2-4,6,16H,5H2,1H3. The van der Waals surface area contributed by atoms with Crippen molar-refractivity contribution in [2.24, 2.45) is 7.05 Å². The van der Waals surface area contributed by atoms with Crippen LogP contribution in [0.15, 0.2) is 24.7 Å². The molecule has 1 N–H and O–H groups in total. The van der Waals surface area contributed by atoms with Crippen molar-refractivity contribution in [1.82, 2.24) is 9.55 Å². The summed E-state index contributed by atoms with van der Waals surface area (Å²) in [5.41, 5.74) is 0.957. The van der Waals surface area contributed by atoms with Crippen molar-refractivity contribution in [3.8, 4) is 0 Å². The Kier molecular flexibility index (Phi) is 3.28. The average Bonchev–Trinajstić information content (AvgIpc) is 2.62. The monoisotopic (exact) mass is 257 g/mol. The molecule has 17 heavy (non-hydrogen) atoms. The van der Waals surface area contributed by atoms with Gasteiger partial charge in [0.2, 0.25) is 0 Å². The maximum absolute atomic E-state index is 13.4. The lowest BCUT2D eigenvalue weighted by molar-refractivity contribution is 0.585. The van der Waals surface area contributed by atoms with Crippen molar-refractivity contribution in [3.05, 3.63) is 47.0 Å². The fraction of sp³-hybridized carbons (Fsp3) is 0.182. The smallest absolute Gasteiger partial charge is 0.150 e. The molecular formula is C11H10ClF2N3. The number of hydrogen-bond acceptors (Lipinski definition) is 2. The Hall–Kier alpha value is -1.62. The SMILES string of the molecule is Cn1cncc1CNc1c(F)cc(F)cc1Cl. The molecule has 2 aromatic rings. The van der Waals surface area contributed by atoms with E-state index in [9.17, 15) is 8.78 Å². The third-order valence-corrected chi connectivity index (χ3v) is 2.67. The molecule has 0 spiro atoms. The fourth-order valence-corrected chi connectivity index (χ4v) is 1.71. The van der Waals surface area contributed by atoms with Gasteiger partial charge in [0.25, 0.3) is 0 Å². The first-order valence-electron chi connectivity index (χ1n) is 4.91. The normalized spacial score (nSPS) is 10.6. The van der Waals surface area contributed by atoms with Crippen molar-refractivity contribution in [1.29, 1.82) is 0 Å². The molecule has 90 valence electrons. The van der Waals surface area contributed by atoms with Crippen LogP contribution in [-0.2, 0) is 13.6 Å². The number of halogens is 3. The molecule has 0 aliphatic carbocycles. The highest BCUT2D eigenvalue weighted by molar-refractivity contribution is 6.33. The van der Waals surface area contributed by atoms with E-state index >= 15 is 0 Å². The van der Waals surface area contributed by atoms with Crippen molar-refractivity contribution in [3.63, 3.8) is 0 Å². The van der Waals surface area contributed by atoms with Gasteiger partial charge in [-0.3, -0.25) is 0 Å². The zero-order chi connectivity index (χ0) is 12.4. The zero-order valence-corrected chi connectivity index (χ0v) is 9.80. The van der Waals surface area contributed by atoms with Gasteiger partial charge in [-0.15, -0.1) is 0 Å². The summed E-state index contributed by atoms with van der Waals surface area (Å²) in [6.45, 7) is 0.360. The highest BCUT2D eigenvalue weighted by Crippen LogP contribution is 2.26. The van der Waals surface area contributed by atoms with E-state index < -0.39 is 11.6 Å². The van der Waals surface area contributed by atoms with Crippen LogP contribution in [0.25, 0.3) is 0 Å². The summed E-state index contributed by atoms with van der Waals surface area (Å²) in [7, 11) is 1.83. The number of anilines is 1. The van der Waals surface area contributed by atoms with Crippen LogP contribution in [0.3, 0.4) is 0 Å². The van der Waals surface area contributed by atoms with E-state index in [1.165, 1.54) is 0 Å². The predicted molar refractivity (Wildman–Crippen MR) is 61.9 cm³/mol. The first kappa shape index (κ1) is 11.9. The van der Waals surface area contributed by atoms with Crippen LogP contribution in [0.1, 0.15) is 5.69 Å². The molecule has 6 heteroatoms. The van der Waals surface area contributed by atoms with Crippen molar-refractivity contribution < 1.29 is 8.78 Å². The summed E-state index contributed by atoms with van der Waals surface area (Å²) < 4.78 is 28.0. The van der Waals surface area contributed by atoms with Gasteiger partial charge in [0.05, 0.1) is 29.3 Å². The molecule has 0 saturated heterocycles. The first-order valence-corrected chi connectivity index (χ1v) is 5.29. The van der Waals surface area contributed by atoms with Crippen LogP contribution in [0, 0.1) is 11.6 Å². The molecule has 0 radical (unpaired) electrons. The van der Waals surface area contributed by atoms with E-state index in [1.54, 1.807) is 17.1 Å². The molecule has 3 nitrogen and oxygen atoms in total. The van der Waals surface area contributed by atoms with Gasteiger partial charge in [0.15, 0.2) is 5.82 Å². The molecule has 0 amide bonds. The van der Waals surface area contributed by atoms with Crippen LogP contribution in [0.4, 0.5) is 14.5 Å². The van der Waals surface area contributed by atoms with Gasteiger partial charge in [-0.05, 0) is 6.07 Å². The molecular weight excluding hydrogens is 248 g/mol. The molecule has 0 aliphatic rings. The second-order valence-electron chi connectivity index (χ2n) is 3.59. The van der Waals surface area contributed by atoms with Crippen LogP contribution in [-0.4, -0.2) is 9.55 Å². The van der Waals surface area contributed by atoms with Crippen molar-refractivity contribution in [2.75, 3.05) is 5.32 Å². The van der Waals surface area contributed by atoms with E-state index in [0.717, 1.165) is 17.8 Å². The highest BCUT2D eigenvalue weighted by Gasteiger charge is 2.10. The Morgan fingerprint density at radius 2 is 2.18 bits per heavy atom. The van der Waals surface area contributed by atoms with E-state index in [2.05, 4.69) is 10.3 Å². The maximum Gasteiger partial charge on any atom is 0.150 e. The Morgan fingerprint density at radius 3 is 2.76 bits per heavy atom. The number of benzene rings is 1. The minimum absolute atomic E-state index is 0.0182. The minimum atomic E-state index is -0.711. The van der Waals surface area contributed by atoms with Gasteiger partial charge in [0, 0.05) is 19.3 Å². The van der Waals surface area contributed by atoms with Gasteiger partial charge >= 0.3 is 0 Å². The second-order valence-corrected chi connectivity index (χ2v) is 4.00. The molecule has 0 atom stereocenters. The molecule has 0 unspecified atom stereocenters. The number of rotatable bonds is 3. The molecule has 2 rings (SSSR count). The summed E-state index contributed by atoms with van der Waals surface area (Å²) >= 11 is 5.75. The second kappa shape index (κ2) is 4.71. The molecule has 1 aromatic carbocycles. The largest absolute Gasteiger partial charge is 0.376 e. The molecule has 1 aromatic heterocycles. The van der Waals surface area contributed by atoms with Gasteiger partial charge in [0.1, 0.15) is 5.82 Å². The van der Waals surface area contributed by atoms with Crippen LogP contribution < -0.4 is 5.32 Å². The van der Waals surface area contributed by atoms with Crippen LogP contribution in [0.5, 0.6) is 0 Å². The number of hydrogen-bond donors (Lipinski definition) is 1. The summed E-state index contributed by atoms with van der Waals surface area (Å²) in [6.07, 6.45) is 3.29. The number of aromatic nitrogens is 2. The van der Waals surface area contributed by atoms with Gasteiger partial charge in [-0.1, -0.05) is 11.6 Å². The molecule has 0 saturated carbocycles. The van der Waals surface area contributed by atoms with E-state index in [4.69, 9.17) is 11.6 Å². The van der Waals surface area contributed by atoms with Crippen molar-refractivity contribution in [2.45, 2.75) is 6.54 Å². The molecule has 0 bridgehead atoms.